The van der Waals surface area contributed by atoms with Crippen LogP contribution in [0.3, 0.4) is 0 Å². The fourth-order valence-corrected chi connectivity index (χ4v) is 1.77. The topological polar surface area (TPSA) is 70.5 Å². The molecule has 2 rings (SSSR count). The Bertz CT molecular complexity index is 438. The molecular formula is C12H14N2O3. The van der Waals surface area contributed by atoms with Crippen LogP contribution in [0, 0.1) is 5.92 Å². The average Bonchev–Trinajstić information content (AvgIpc) is 2.25. The highest BCUT2D eigenvalue weighted by Crippen LogP contribution is 2.29. The summed E-state index contributed by atoms with van der Waals surface area (Å²) in [7, 11) is 1.69. The van der Waals surface area contributed by atoms with E-state index in [2.05, 4.69) is 4.98 Å². The maximum Gasteiger partial charge on any atom is 0.354 e. The molecule has 0 aromatic carbocycles. The van der Waals surface area contributed by atoms with Crippen molar-refractivity contribution in [2.75, 3.05) is 11.9 Å². The number of carboxylic acids is 1. The minimum atomic E-state index is -1.07. The molecule has 0 unspecified atom stereocenters. The standard InChI is InChI=1S/C12H14N2O3/c1-14(11(15)8-3-2-4-8)9-5-6-10(12(16)17)13-7-9/h5-8H,2-4H2,1H3,(H,16,17). The Morgan fingerprint density at radius 1 is 1.41 bits per heavy atom. The Kier molecular flexibility index (Phi) is 3.08. The number of rotatable bonds is 3. The largest absolute Gasteiger partial charge is 0.477 e. The molecule has 1 amide bonds. The Hall–Kier alpha value is -1.91. The molecule has 0 bridgehead atoms. The summed E-state index contributed by atoms with van der Waals surface area (Å²) in [6, 6.07) is 3.01. The highest BCUT2D eigenvalue weighted by atomic mass is 16.4. The lowest BCUT2D eigenvalue weighted by atomic mass is 9.84. The quantitative estimate of drug-likeness (QED) is 0.861. The van der Waals surface area contributed by atoms with Gasteiger partial charge in [0.1, 0.15) is 5.69 Å². The van der Waals surface area contributed by atoms with Gasteiger partial charge >= 0.3 is 5.97 Å². The van der Waals surface area contributed by atoms with E-state index < -0.39 is 5.97 Å². The van der Waals surface area contributed by atoms with Crippen LogP contribution in [0.5, 0.6) is 0 Å². The smallest absolute Gasteiger partial charge is 0.354 e. The van der Waals surface area contributed by atoms with E-state index in [0.29, 0.717) is 5.69 Å². The van der Waals surface area contributed by atoms with Gasteiger partial charge in [0.15, 0.2) is 0 Å². The fourth-order valence-electron chi connectivity index (χ4n) is 1.77. The van der Waals surface area contributed by atoms with Crippen molar-refractivity contribution in [3.63, 3.8) is 0 Å². The molecule has 0 aliphatic heterocycles. The minimum Gasteiger partial charge on any atom is -0.477 e. The Morgan fingerprint density at radius 2 is 2.12 bits per heavy atom. The minimum absolute atomic E-state index is 0.0155. The van der Waals surface area contributed by atoms with Crippen molar-refractivity contribution in [3.8, 4) is 0 Å². The van der Waals surface area contributed by atoms with Crippen LogP contribution in [0.15, 0.2) is 18.3 Å². The molecule has 17 heavy (non-hydrogen) atoms. The monoisotopic (exact) mass is 234 g/mol. The van der Waals surface area contributed by atoms with Crippen molar-refractivity contribution in [2.24, 2.45) is 5.92 Å². The first-order valence-electron chi connectivity index (χ1n) is 5.56. The van der Waals surface area contributed by atoms with Gasteiger partial charge in [0, 0.05) is 13.0 Å². The van der Waals surface area contributed by atoms with Crippen LogP contribution < -0.4 is 4.90 Å². The van der Waals surface area contributed by atoms with E-state index in [9.17, 15) is 9.59 Å². The first kappa shape index (κ1) is 11.6. The van der Waals surface area contributed by atoms with E-state index in [1.807, 2.05) is 0 Å². The van der Waals surface area contributed by atoms with Gasteiger partial charge in [-0.1, -0.05) is 6.42 Å². The molecular weight excluding hydrogens is 220 g/mol. The van der Waals surface area contributed by atoms with Crippen LogP contribution in [0.1, 0.15) is 29.8 Å². The number of pyridine rings is 1. The van der Waals surface area contributed by atoms with Gasteiger partial charge in [-0.3, -0.25) is 4.79 Å². The molecule has 1 N–H and O–H groups in total. The van der Waals surface area contributed by atoms with Crippen LogP contribution >= 0.6 is 0 Å². The van der Waals surface area contributed by atoms with Gasteiger partial charge < -0.3 is 10.0 Å². The maximum atomic E-state index is 11.9. The summed E-state index contributed by atoms with van der Waals surface area (Å²) in [5.41, 5.74) is 0.616. The van der Waals surface area contributed by atoms with Gasteiger partial charge in [-0.15, -0.1) is 0 Å². The average molecular weight is 234 g/mol. The van der Waals surface area contributed by atoms with Crippen molar-refractivity contribution in [3.05, 3.63) is 24.0 Å². The third kappa shape index (κ3) is 2.27. The molecule has 90 valence electrons. The van der Waals surface area contributed by atoms with Crippen LogP contribution in [0.4, 0.5) is 5.69 Å². The molecule has 1 aliphatic rings. The van der Waals surface area contributed by atoms with Crippen molar-refractivity contribution in [2.45, 2.75) is 19.3 Å². The molecule has 1 aromatic heterocycles. The zero-order valence-corrected chi connectivity index (χ0v) is 9.59. The predicted molar refractivity (Wildman–Crippen MR) is 61.9 cm³/mol. The molecule has 5 nitrogen and oxygen atoms in total. The molecule has 1 aromatic rings. The summed E-state index contributed by atoms with van der Waals surface area (Å²) in [6.45, 7) is 0. The number of carbonyl (C=O) groups is 2. The Morgan fingerprint density at radius 3 is 2.53 bits per heavy atom. The van der Waals surface area contributed by atoms with E-state index in [0.717, 1.165) is 19.3 Å². The molecule has 1 fully saturated rings. The van der Waals surface area contributed by atoms with Gasteiger partial charge in [0.25, 0.3) is 0 Å². The summed E-state index contributed by atoms with van der Waals surface area (Å²) in [6.07, 6.45) is 4.42. The van der Waals surface area contributed by atoms with Crippen LogP contribution in [-0.2, 0) is 4.79 Å². The van der Waals surface area contributed by atoms with Crippen molar-refractivity contribution in [1.29, 1.82) is 0 Å². The van der Waals surface area contributed by atoms with Gasteiger partial charge in [0.2, 0.25) is 5.91 Å². The van der Waals surface area contributed by atoms with E-state index in [1.165, 1.54) is 12.3 Å². The third-order valence-electron chi connectivity index (χ3n) is 3.14. The summed E-state index contributed by atoms with van der Waals surface area (Å²) in [4.78, 5) is 27.9. The second-order valence-corrected chi connectivity index (χ2v) is 4.23. The number of hydrogen-bond donors (Lipinski definition) is 1. The second-order valence-electron chi connectivity index (χ2n) is 4.23. The number of carboxylic acid groups (broad SMARTS) is 1. The molecule has 1 saturated carbocycles. The van der Waals surface area contributed by atoms with Gasteiger partial charge in [0.05, 0.1) is 11.9 Å². The number of anilines is 1. The van der Waals surface area contributed by atoms with Crippen LogP contribution in [0.2, 0.25) is 0 Å². The molecule has 0 radical (unpaired) electrons. The third-order valence-corrected chi connectivity index (χ3v) is 3.14. The molecule has 5 heteroatoms. The number of carbonyl (C=O) groups excluding carboxylic acids is 1. The number of hydrogen-bond acceptors (Lipinski definition) is 3. The number of aromatic nitrogens is 1. The van der Waals surface area contributed by atoms with Crippen molar-refractivity contribution < 1.29 is 14.7 Å². The molecule has 0 spiro atoms. The van der Waals surface area contributed by atoms with Gasteiger partial charge in [-0.05, 0) is 25.0 Å². The summed E-state index contributed by atoms with van der Waals surface area (Å²) in [5, 5.41) is 8.72. The molecule has 0 saturated heterocycles. The Balaban J connectivity index is 2.10. The zero-order chi connectivity index (χ0) is 12.4. The maximum absolute atomic E-state index is 11.9. The van der Waals surface area contributed by atoms with Gasteiger partial charge in [-0.2, -0.15) is 0 Å². The lowest BCUT2D eigenvalue weighted by molar-refractivity contribution is -0.124. The molecule has 1 heterocycles. The van der Waals surface area contributed by atoms with E-state index >= 15 is 0 Å². The van der Waals surface area contributed by atoms with Gasteiger partial charge in [-0.25, -0.2) is 9.78 Å². The summed E-state index contributed by atoms with van der Waals surface area (Å²) < 4.78 is 0. The van der Waals surface area contributed by atoms with E-state index in [1.54, 1.807) is 18.0 Å². The zero-order valence-electron chi connectivity index (χ0n) is 9.59. The van der Waals surface area contributed by atoms with Crippen LogP contribution in [0.25, 0.3) is 0 Å². The number of amides is 1. The van der Waals surface area contributed by atoms with Crippen LogP contribution in [-0.4, -0.2) is 29.0 Å². The van der Waals surface area contributed by atoms with Crippen molar-refractivity contribution >= 4 is 17.6 Å². The molecule has 0 atom stereocenters. The normalized spacial score (nSPS) is 15.1. The first-order valence-corrected chi connectivity index (χ1v) is 5.56. The first-order chi connectivity index (χ1) is 8.09. The SMILES string of the molecule is CN(C(=O)C1CCC1)c1ccc(C(=O)O)nc1. The highest BCUT2D eigenvalue weighted by Gasteiger charge is 2.28. The molecule has 1 aliphatic carbocycles. The predicted octanol–water partition coefficient (Wildman–Crippen LogP) is 1.54. The highest BCUT2D eigenvalue weighted by molar-refractivity contribution is 5.95. The number of aromatic carboxylic acids is 1. The summed E-state index contributed by atoms with van der Waals surface area (Å²) >= 11 is 0. The van der Waals surface area contributed by atoms with E-state index in [4.69, 9.17) is 5.11 Å². The second kappa shape index (κ2) is 4.53. The Labute approximate surface area is 99.1 Å². The fraction of sp³-hybridized carbons (Fsp3) is 0.417. The van der Waals surface area contributed by atoms with E-state index in [-0.39, 0.29) is 17.5 Å². The number of nitrogens with zero attached hydrogens (tertiary/aromatic N) is 2. The lowest BCUT2D eigenvalue weighted by Crippen LogP contribution is -2.36. The van der Waals surface area contributed by atoms with Crippen molar-refractivity contribution in [1.82, 2.24) is 4.98 Å². The lowest BCUT2D eigenvalue weighted by Gasteiger charge is -2.29. The summed E-state index contributed by atoms with van der Waals surface area (Å²) in [5.74, 6) is -0.857.